The number of hydrogen-bond donors (Lipinski definition) is 1. The third-order valence-electron chi connectivity index (χ3n) is 3.33. The number of likely N-dealkylation sites (tertiary alicyclic amines) is 1. The zero-order valence-electron chi connectivity index (χ0n) is 10.2. The van der Waals surface area contributed by atoms with Crippen LogP contribution in [0.15, 0.2) is 18.2 Å². The lowest BCUT2D eigenvalue weighted by molar-refractivity contribution is -0.103. The first-order valence-electron chi connectivity index (χ1n) is 5.83. The van der Waals surface area contributed by atoms with Crippen LogP contribution in [0.3, 0.4) is 0 Å². The van der Waals surface area contributed by atoms with E-state index in [-0.39, 0.29) is 5.82 Å². The molecule has 0 unspecified atom stereocenters. The monoisotopic (exact) mass is 239 g/mol. The smallest absolute Gasteiger partial charge is 0.123 e. The van der Waals surface area contributed by atoms with Crippen molar-refractivity contribution in [3.8, 4) is 5.75 Å². The minimum absolute atomic E-state index is 0.257. The van der Waals surface area contributed by atoms with E-state index < -0.39 is 5.60 Å². The highest BCUT2D eigenvalue weighted by atomic mass is 19.1. The first kappa shape index (κ1) is 12.3. The molecule has 0 atom stereocenters. The number of rotatable bonds is 4. The molecule has 0 bridgehead atoms. The Morgan fingerprint density at radius 1 is 1.47 bits per heavy atom. The van der Waals surface area contributed by atoms with Crippen LogP contribution < -0.4 is 4.74 Å². The lowest BCUT2D eigenvalue weighted by atomic mass is 9.91. The van der Waals surface area contributed by atoms with Gasteiger partial charge in [-0.2, -0.15) is 0 Å². The standard InChI is InChI=1S/C13H18FNO2/c1-3-13(16)8-15(9-13)7-10-6-11(14)4-5-12(10)17-2/h4-6,16H,3,7-9H2,1-2H3. The molecule has 0 aromatic heterocycles. The molecule has 1 aromatic carbocycles. The molecule has 0 aliphatic carbocycles. The van der Waals surface area contributed by atoms with Crippen molar-refractivity contribution >= 4 is 0 Å². The van der Waals surface area contributed by atoms with Gasteiger partial charge in [-0.05, 0) is 24.6 Å². The van der Waals surface area contributed by atoms with Crippen LogP contribution in [0.2, 0.25) is 0 Å². The fourth-order valence-corrected chi connectivity index (χ4v) is 2.23. The van der Waals surface area contributed by atoms with Crippen molar-refractivity contribution in [2.45, 2.75) is 25.5 Å². The maximum atomic E-state index is 13.2. The van der Waals surface area contributed by atoms with Crippen molar-refractivity contribution in [3.05, 3.63) is 29.6 Å². The van der Waals surface area contributed by atoms with Crippen molar-refractivity contribution in [1.29, 1.82) is 0 Å². The first-order valence-corrected chi connectivity index (χ1v) is 5.83. The summed E-state index contributed by atoms with van der Waals surface area (Å²) >= 11 is 0. The van der Waals surface area contributed by atoms with E-state index in [1.807, 2.05) is 6.92 Å². The van der Waals surface area contributed by atoms with Gasteiger partial charge >= 0.3 is 0 Å². The van der Waals surface area contributed by atoms with Crippen molar-refractivity contribution < 1.29 is 14.2 Å². The minimum Gasteiger partial charge on any atom is -0.496 e. The fraction of sp³-hybridized carbons (Fsp3) is 0.538. The van der Waals surface area contributed by atoms with E-state index in [4.69, 9.17) is 4.74 Å². The second kappa shape index (κ2) is 4.63. The summed E-state index contributed by atoms with van der Waals surface area (Å²) in [6.45, 7) is 3.87. The Balaban J connectivity index is 2.02. The molecule has 0 radical (unpaired) electrons. The Labute approximate surface area is 101 Å². The van der Waals surface area contributed by atoms with Gasteiger partial charge in [0, 0.05) is 25.2 Å². The van der Waals surface area contributed by atoms with E-state index in [1.165, 1.54) is 12.1 Å². The quantitative estimate of drug-likeness (QED) is 0.869. The number of β-amino-alcohol motifs (C(OH)–C–C–N with tert-alkyl or cyclic N) is 1. The molecule has 3 nitrogen and oxygen atoms in total. The van der Waals surface area contributed by atoms with E-state index >= 15 is 0 Å². The molecule has 0 saturated carbocycles. The van der Waals surface area contributed by atoms with Gasteiger partial charge in [0.2, 0.25) is 0 Å². The molecule has 1 fully saturated rings. The van der Waals surface area contributed by atoms with Crippen LogP contribution in [0, 0.1) is 5.82 Å². The molecule has 17 heavy (non-hydrogen) atoms. The van der Waals surface area contributed by atoms with Crippen LogP contribution in [0.25, 0.3) is 0 Å². The topological polar surface area (TPSA) is 32.7 Å². The lowest BCUT2D eigenvalue weighted by Gasteiger charge is -2.46. The zero-order chi connectivity index (χ0) is 12.5. The van der Waals surface area contributed by atoms with E-state index in [1.54, 1.807) is 13.2 Å². The number of aliphatic hydroxyl groups is 1. The SMILES string of the molecule is CCC1(O)CN(Cc2cc(F)ccc2OC)C1. The van der Waals surface area contributed by atoms with Crippen LogP contribution in [-0.2, 0) is 6.54 Å². The number of benzene rings is 1. The highest BCUT2D eigenvalue weighted by Gasteiger charge is 2.39. The van der Waals surface area contributed by atoms with Crippen LogP contribution >= 0.6 is 0 Å². The maximum absolute atomic E-state index is 13.2. The van der Waals surface area contributed by atoms with Crippen molar-refractivity contribution in [2.75, 3.05) is 20.2 Å². The summed E-state index contributed by atoms with van der Waals surface area (Å²) in [4.78, 5) is 2.08. The molecule has 1 saturated heterocycles. The van der Waals surface area contributed by atoms with Crippen molar-refractivity contribution in [1.82, 2.24) is 4.90 Å². The highest BCUT2D eigenvalue weighted by Crippen LogP contribution is 2.28. The summed E-state index contributed by atoms with van der Waals surface area (Å²) in [6.07, 6.45) is 0.754. The van der Waals surface area contributed by atoms with Gasteiger partial charge in [-0.25, -0.2) is 4.39 Å². The number of methoxy groups -OCH3 is 1. The normalized spacial score (nSPS) is 18.8. The molecule has 94 valence electrons. The van der Waals surface area contributed by atoms with Crippen LogP contribution in [0.4, 0.5) is 4.39 Å². The van der Waals surface area contributed by atoms with Crippen molar-refractivity contribution in [2.24, 2.45) is 0 Å². The van der Waals surface area contributed by atoms with Gasteiger partial charge < -0.3 is 9.84 Å². The van der Waals surface area contributed by atoms with E-state index in [2.05, 4.69) is 4.90 Å². The Kier molecular flexibility index (Phi) is 3.35. The molecule has 1 aromatic rings. The first-order chi connectivity index (χ1) is 8.06. The average molecular weight is 239 g/mol. The summed E-state index contributed by atoms with van der Waals surface area (Å²) in [6, 6.07) is 4.51. The van der Waals surface area contributed by atoms with Gasteiger partial charge in [-0.15, -0.1) is 0 Å². The Bertz CT molecular complexity index is 402. The molecule has 1 aliphatic heterocycles. The maximum Gasteiger partial charge on any atom is 0.123 e. The fourth-order valence-electron chi connectivity index (χ4n) is 2.23. The summed E-state index contributed by atoms with van der Waals surface area (Å²) in [5.41, 5.74) is 0.270. The van der Waals surface area contributed by atoms with Gasteiger partial charge in [0.25, 0.3) is 0 Å². The summed E-state index contributed by atoms with van der Waals surface area (Å²) in [5, 5.41) is 9.90. The number of nitrogens with zero attached hydrogens (tertiary/aromatic N) is 1. The molecule has 1 N–H and O–H groups in total. The van der Waals surface area contributed by atoms with E-state index in [0.717, 1.165) is 12.0 Å². The van der Waals surface area contributed by atoms with Gasteiger partial charge in [-0.1, -0.05) is 6.92 Å². The summed E-state index contributed by atoms with van der Waals surface area (Å²) in [5.74, 6) is 0.436. The molecule has 0 spiro atoms. The van der Waals surface area contributed by atoms with Crippen molar-refractivity contribution in [3.63, 3.8) is 0 Å². The third kappa shape index (κ3) is 2.58. The summed E-state index contributed by atoms with van der Waals surface area (Å²) < 4.78 is 18.3. The highest BCUT2D eigenvalue weighted by molar-refractivity contribution is 5.34. The molecular weight excluding hydrogens is 221 g/mol. The number of halogens is 1. The molecule has 2 rings (SSSR count). The van der Waals surface area contributed by atoms with Gasteiger partial charge in [-0.3, -0.25) is 4.90 Å². The lowest BCUT2D eigenvalue weighted by Crippen LogP contribution is -2.60. The third-order valence-corrected chi connectivity index (χ3v) is 3.33. The van der Waals surface area contributed by atoms with Crippen LogP contribution in [0.5, 0.6) is 5.75 Å². The molecule has 4 heteroatoms. The van der Waals surface area contributed by atoms with Gasteiger partial charge in [0.15, 0.2) is 0 Å². The van der Waals surface area contributed by atoms with Gasteiger partial charge in [0.05, 0.1) is 12.7 Å². The van der Waals surface area contributed by atoms with E-state index in [0.29, 0.717) is 25.4 Å². The number of hydrogen-bond acceptors (Lipinski definition) is 3. The molecule has 0 amide bonds. The largest absolute Gasteiger partial charge is 0.496 e. The summed E-state index contributed by atoms with van der Waals surface area (Å²) in [7, 11) is 1.58. The molecular formula is C13H18FNO2. The second-order valence-corrected chi connectivity index (χ2v) is 4.68. The Morgan fingerprint density at radius 2 is 2.18 bits per heavy atom. The average Bonchev–Trinajstić information content (AvgIpc) is 2.27. The molecule has 1 heterocycles. The predicted octanol–water partition coefficient (Wildman–Crippen LogP) is 1.79. The minimum atomic E-state index is -0.555. The predicted molar refractivity (Wildman–Crippen MR) is 63.5 cm³/mol. The number of ether oxygens (including phenoxy) is 1. The van der Waals surface area contributed by atoms with E-state index in [9.17, 15) is 9.50 Å². The Hall–Kier alpha value is -1.13. The second-order valence-electron chi connectivity index (χ2n) is 4.68. The Morgan fingerprint density at radius 3 is 2.76 bits per heavy atom. The molecule has 1 aliphatic rings. The van der Waals surface area contributed by atoms with Crippen LogP contribution in [-0.4, -0.2) is 35.8 Å². The van der Waals surface area contributed by atoms with Crippen LogP contribution in [0.1, 0.15) is 18.9 Å². The van der Waals surface area contributed by atoms with Gasteiger partial charge in [0.1, 0.15) is 11.6 Å². The zero-order valence-corrected chi connectivity index (χ0v) is 10.2.